The molecule has 1 N–H and O–H groups in total. The monoisotopic (exact) mass is 350 g/mol. The van der Waals surface area contributed by atoms with E-state index in [1.807, 2.05) is 13.0 Å². The van der Waals surface area contributed by atoms with Crippen molar-refractivity contribution >= 4 is 5.96 Å². The summed E-state index contributed by atoms with van der Waals surface area (Å²) in [4.78, 5) is 9.18. The molecule has 25 heavy (non-hydrogen) atoms. The first-order valence-corrected chi connectivity index (χ1v) is 9.23. The molecule has 6 heteroatoms. The third kappa shape index (κ3) is 5.08. The van der Waals surface area contributed by atoms with Crippen LogP contribution in [0.1, 0.15) is 32.8 Å². The van der Waals surface area contributed by atoms with Gasteiger partial charge in [0.2, 0.25) is 0 Å². The van der Waals surface area contributed by atoms with Gasteiger partial charge in [-0.1, -0.05) is 19.9 Å². The van der Waals surface area contributed by atoms with Crippen molar-refractivity contribution < 1.29 is 9.13 Å². The molecular formula is C19H31FN4O. The normalized spacial score (nSPS) is 18.1. The third-order valence-corrected chi connectivity index (χ3v) is 4.75. The molecule has 2 rings (SSSR count). The molecule has 1 aromatic rings. The van der Waals surface area contributed by atoms with Crippen molar-refractivity contribution in [3.8, 4) is 5.75 Å². The summed E-state index contributed by atoms with van der Waals surface area (Å²) in [6.45, 7) is 11.4. The minimum atomic E-state index is -0.320. The first-order valence-electron chi connectivity index (χ1n) is 9.23. The first-order chi connectivity index (χ1) is 12.1. The highest BCUT2D eigenvalue weighted by Gasteiger charge is 2.27. The molecule has 1 aliphatic rings. The van der Waals surface area contributed by atoms with Crippen LogP contribution in [0.2, 0.25) is 0 Å². The molecule has 0 aliphatic carbocycles. The largest absolute Gasteiger partial charge is 0.491 e. The lowest BCUT2D eigenvalue weighted by atomic mass is 10.2. The summed E-state index contributed by atoms with van der Waals surface area (Å²) in [5, 5.41) is 3.35. The summed E-state index contributed by atoms with van der Waals surface area (Å²) in [5.41, 5.74) is 0.876. The van der Waals surface area contributed by atoms with E-state index in [2.05, 4.69) is 34.0 Å². The van der Waals surface area contributed by atoms with Gasteiger partial charge in [0.1, 0.15) is 0 Å². The van der Waals surface area contributed by atoms with Crippen LogP contribution in [0.3, 0.4) is 0 Å². The number of guanidine groups is 1. The lowest BCUT2D eigenvalue weighted by Gasteiger charge is -2.27. The van der Waals surface area contributed by atoms with Gasteiger partial charge in [0.25, 0.3) is 0 Å². The van der Waals surface area contributed by atoms with Crippen LogP contribution in [0.5, 0.6) is 5.75 Å². The van der Waals surface area contributed by atoms with Crippen LogP contribution in [0.4, 0.5) is 4.39 Å². The number of benzene rings is 1. The molecule has 1 aromatic carbocycles. The van der Waals surface area contributed by atoms with E-state index in [4.69, 9.17) is 4.74 Å². The molecule has 140 valence electrons. The number of halogens is 1. The van der Waals surface area contributed by atoms with Gasteiger partial charge in [-0.05, 0) is 44.1 Å². The van der Waals surface area contributed by atoms with E-state index in [9.17, 15) is 4.39 Å². The Balaban J connectivity index is 1.92. The Morgan fingerprint density at radius 1 is 1.36 bits per heavy atom. The lowest BCUT2D eigenvalue weighted by Crippen LogP contribution is -2.43. The van der Waals surface area contributed by atoms with Crippen LogP contribution in [-0.4, -0.2) is 61.6 Å². The Labute approximate surface area is 150 Å². The highest BCUT2D eigenvalue weighted by molar-refractivity contribution is 5.80. The predicted molar refractivity (Wildman–Crippen MR) is 101 cm³/mol. The second-order valence-corrected chi connectivity index (χ2v) is 6.21. The molecule has 1 saturated heterocycles. The van der Waals surface area contributed by atoms with Crippen molar-refractivity contribution in [3.05, 3.63) is 29.6 Å². The van der Waals surface area contributed by atoms with E-state index in [1.54, 1.807) is 13.1 Å². The van der Waals surface area contributed by atoms with E-state index >= 15 is 0 Å². The van der Waals surface area contributed by atoms with Crippen molar-refractivity contribution in [3.63, 3.8) is 0 Å². The Morgan fingerprint density at radius 2 is 2.12 bits per heavy atom. The Kier molecular flexibility index (Phi) is 7.50. The van der Waals surface area contributed by atoms with Crippen molar-refractivity contribution in [1.29, 1.82) is 0 Å². The molecule has 1 aliphatic heterocycles. The van der Waals surface area contributed by atoms with Crippen LogP contribution in [0.25, 0.3) is 0 Å². The Morgan fingerprint density at radius 3 is 2.72 bits per heavy atom. The van der Waals surface area contributed by atoms with E-state index in [1.165, 1.54) is 6.07 Å². The average Bonchev–Trinajstić information content (AvgIpc) is 3.09. The molecule has 0 aromatic heterocycles. The summed E-state index contributed by atoms with van der Waals surface area (Å²) >= 11 is 0. The fourth-order valence-corrected chi connectivity index (χ4v) is 3.41. The maximum Gasteiger partial charge on any atom is 0.193 e. The van der Waals surface area contributed by atoms with Crippen LogP contribution >= 0.6 is 0 Å². The van der Waals surface area contributed by atoms with E-state index in [0.717, 1.165) is 44.1 Å². The number of likely N-dealkylation sites (N-methyl/N-ethyl adjacent to an activating group) is 1. The van der Waals surface area contributed by atoms with Crippen LogP contribution < -0.4 is 10.1 Å². The molecule has 0 radical (unpaired) electrons. The van der Waals surface area contributed by atoms with Gasteiger partial charge in [0.15, 0.2) is 17.5 Å². The number of aliphatic imine (C=N–C) groups is 1. The molecule has 0 spiro atoms. The first kappa shape index (κ1) is 19.5. The average molecular weight is 350 g/mol. The maximum atomic E-state index is 14.0. The number of likely N-dealkylation sites (tertiary alicyclic amines) is 1. The summed E-state index contributed by atoms with van der Waals surface area (Å²) in [7, 11) is 1.80. The molecule has 0 amide bonds. The maximum absolute atomic E-state index is 14.0. The van der Waals surface area contributed by atoms with Gasteiger partial charge in [-0.15, -0.1) is 0 Å². The summed E-state index contributed by atoms with van der Waals surface area (Å²) in [6.07, 6.45) is 1.15. The highest BCUT2D eigenvalue weighted by Crippen LogP contribution is 2.19. The van der Waals surface area contributed by atoms with Crippen LogP contribution in [0.15, 0.2) is 23.2 Å². The van der Waals surface area contributed by atoms with E-state index in [-0.39, 0.29) is 5.82 Å². The number of rotatable bonds is 7. The molecule has 1 unspecified atom stereocenters. The molecule has 1 heterocycles. The Hall–Kier alpha value is -1.82. The fraction of sp³-hybridized carbons (Fsp3) is 0.632. The predicted octanol–water partition coefficient (Wildman–Crippen LogP) is 2.72. The smallest absolute Gasteiger partial charge is 0.193 e. The molecule has 0 saturated carbocycles. The van der Waals surface area contributed by atoms with Crippen molar-refractivity contribution in [2.45, 2.75) is 39.8 Å². The molecule has 5 nitrogen and oxygen atoms in total. The number of ether oxygens (including phenoxy) is 1. The van der Waals surface area contributed by atoms with Gasteiger partial charge in [-0.25, -0.2) is 4.39 Å². The van der Waals surface area contributed by atoms with Gasteiger partial charge in [0.05, 0.1) is 6.61 Å². The third-order valence-electron chi connectivity index (χ3n) is 4.75. The van der Waals surface area contributed by atoms with Gasteiger partial charge >= 0.3 is 0 Å². The van der Waals surface area contributed by atoms with Gasteiger partial charge in [0, 0.05) is 32.7 Å². The molecular weight excluding hydrogens is 319 g/mol. The lowest BCUT2D eigenvalue weighted by molar-refractivity contribution is 0.223. The van der Waals surface area contributed by atoms with Gasteiger partial charge in [-0.3, -0.25) is 9.89 Å². The summed E-state index contributed by atoms with van der Waals surface area (Å²) in [6, 6.07) is 5.67. The number of hydrogen-bond donors (Lipinski definition) is 1. The second-order valence-electron chi connectivity index (χ2n) is 6.21. The quantitative estimate of drug-likeness (QED) is 0.606. The zero-order valence-corrected chi connectivity index (χ0v) is 15.9. The summed E-state index contributed by atoms with van der Waals surface area (Å²) < 4.78 is 19.2. The second kappa shape index (κ2) is 9.61. The fourth-order valence-electron chi connectivity index (χ4n) is 3.41. The topological polar surface area (TPSA) is 40.1 Å². The zero-order chi connectivity index (χ0) is 18.2. The zero-order valence-electron chi connectivity index (χ0n) is 15.9. The van der Waals surface area contributed by atoms with E-state index in [0.29, 0.717) is 24.9 Å². The number of nitrogens with one attached hydrogen (secondary N) is 1. The standard InChI is InChI=1S/C19H31FN4O/c1-5-23(6-2)16-10-11-24(14-16)19(21-4)22-13-15-8-9-18(25-7-3)17(20)12-15/h8-9,12,16H,5-7,10-11,13-14H2,1-4H3,(H,21,22). The van der Waals surface area contributed by atoms with Gasteiger partial charge in [-0.2, -0.15) is 0 Å². The van der Waals surface area contributed by atoms with Crippen molar-refractivity contribution in [2.75, 3.05) is 39.8 Å². The van der Waals surface area contributed by atoms with Crippen LogP contribution in [-0.2, 0) is 6.54 Å². The Bertz CT molecular complexity index is 575. The minimum Gasteiger partial charge on any atom is -0.491 e. The van der Waals surface area contributed by atoms with E-state index < -0.39 is 0 Å². The van der Waals surface area contributed by atoms with Gasteiger partial charge < -0.3 is 15.0 Å². The number of hydrogen-bond acceptors (Lipinski definition) is 3. The number of nitrogens with zero attached hydrogens (tertiary/aromatic N) is 3. The molecule has 1 fully saturated rings. The summed E-state index contributed by atoms with van der Waals surface area (Å²) in [5.74, 6) is 0.861. The van der Waals surface area contributed by atoms with Crippen molar-refractivity contribution in [2.24, 2.45) is 4.99 Å². The van der Waals surface area contributed by atoms with Crippen LogP contribution in [0, 0.1) is 5.82 Å². The molecule has 1 atom stereocenters. The highest BCUT2D eigenvalue weighted by atomic mass is 19.1. The van der Waals surface area contributed by atoms with Crippen molar-refractivity contribution in [1.82, 2.24) is 15.1 Å². The molecule has 0 bridgehead atoms. The SMILES string of the molecule is CCOc1ccc(CNC(=NC)N2CCC(N(CC)CC)C2)cc1F. The minimum absolute atomic E-state index is 0.303.